The fourth-order valence-electron chi connectivity index (χ4n) is 2.52. The molecule has 0 fully saturated rings. The van der Waals surface area contributed by atoms with Gasteiger partial charge in [-0.1, -0.05) is 18.2 Å². The Morgan fingerprint density at radius 2 is 1.69 bits per heavy atom. The van der Waals surface area contributed by atoms with E-state index in [1.165, 1.54) is 18.2 Å². The lowest BCUT2D eigenvalue weighted by Crippen LogP contribution is -2.41. The van der Waals surface area contributed by atoms with Crippen molar-refractivity contribution in [2.75, 3.05) is 0 Å². The van der Waals surface area contributed by atoms with Gasteiger partial charge in [0.05, 0.1) is 27.0 Å². The van der Waals surface area contributed by atoms with Gasteiger partial charge >= 0.3 is 6.18 Å². The maximum Gasteiger partial charge on any atom is 0.416 e. The molecule has 5 nitrogen and oxygen atoms in total. The van der Waals surface area contributed by atoms with E-state index >= 15 is 0 Å². The Labute approximate surface area is 148 Å². The maximum atomic E-state index is 12.8. The van der Waals surface area contributed by atoms with E-state index in [0.29, 0.717) is 5.52 Å². The van der Waals surface area contributed by atoms with Gasteiger partial charge in [0.1, 0.15) is 5.82 Å². The predicted molar refractivity (Wildman–Crippen MR) is 90.9 cm³/mol. The fourth-order valence-corrected chi connectivity index (χ4v) is 3.93. The first-order chi connectivity index (χ1) is 12.0. The molecule has 1 aromatic heterocycles. The third kappa shape index (κ3) is 3.58. The number of aromatic amines is 1. The van der Waals surface area contributed by atoms with Crippen molar-refractivity contribution in [2.24, 2.45) is 0 Å². The van der Waals surface area contributed by atoms with Gasteiger partial charge in [-0.2, -0.15) is 17.9 Å². The van der Waals surface area contributed by atoms with Gasteiger partial charge in [0, 0.05) is 0 Å². The molecule has 0 saturated heterocycles. The summed E-state index contributed by atoms with van der Waals surface area (Å²) in [7, 11) is -3.82. The summed E-state index contributed by atoms with van der Waals surface area (Å²) in [6.07, 6.45) is -4.47. The molecule has 3 rings (SSSR count). The van der Waals surface area contributed by atoms with Crippen molar-refractivity contribution < 1.29 is 21.6 Å². The van der Waals surface area contributed by atoms with Crippen molar-refractivity contribution in [1.82, 2.24) is 14.7 Å². The molecular formula is C17H16F3N3O2S. The largest absolute Gasteiger partial charge is 0.416 e. The second-order valence-electron chi connectivity index (χ2n) is 6.36. The molecule has 0 aliphatic rings. The van der Waals surface area contributed by atoms with Crippen LogP contribution in [0.3, 0.4) is 0 Å². The normalized spacial score (nSPS) is 13.3. The van der Waals surface area contributed by atoms with Crippen LogP contribution in [0.5, 0.6) is 0 Å². The van der Waals surface area contributed by atoms with E-state index in [2.05, 4.69) is 14.7 Å². The summed E-state index contributed by atoms with van der Waals surface area (Å²) in [5.74, 6) is 0.214. The van der Waals surface area contributed by atoms with Crippen molar-refractivity contribution in [3.63, 3.8) is 0 Å². The number of nitrogens with one attached hydrogen (secondary N) is 2. The zero-order valence-corrected chi connectivity index (χ0v) is 14.7. The first-order valence-corrected chi connectivity index (χ1v) is 9.14. The molecule has 9 heteroatoms. The predicted octanol–water partition coefficient (Wildman–Crippen LogP) is 3.80. The lowest BCUT2D eigenvalue weighted by Gasteiger charge is -2.23. The number of fused-ring (bicyclic) bond motifs is 1. The Bertz CT molecular complexity index is 1040. The van der Waals surface area contributed by atoms with Gasteiger partial charge in [0.25, 0.3) is 0 Å². The van der Waals surface area contributed by atoms with Crippen LogP contribution in [0.2, 0.25) is 0 Å². The van der Waals surface area contributed by atoms with E-state index < -0.39 is 27.3 Å². The molecule has 0 bridgehead atoms. The molecule has 1 heterocycles. The number of alkyl halides is 3. The number of hydrogen-bond donors (Lipinski definition) is 2. The van der Waals surface area contributed by atoms with E-state index in [-0.39, 0.29) is 16.2 Å². The van der Waals surface area contributed by atoms with Crippen LogP contribution in [-0.4, -0.2) is 18.4 Å². The summed E-state index contributed by atoms with van der Waals surface area (Å²) in [5.41, 5.74) is -1.46. The maximum absolute atomic E-state index is 12.8. The Morgan fingerprint density at radius 1 is 1.04 bits per heavy atom. The Balaban J connectivity index is 1.97. The van der Waals surface area contributed by atoms with Gasteiger partial charge in [-0.05, 0) is 44.2 Å². The van der Waals surface area contributed by atoms with E-state index in [9.17, 15) is 21.6 Å². The quantitative estimate of drug-likeness (QED) is 0.720. The Hall–Kier alpha value is -2.39. The van der Waals surface area contributed by atoms with Crippen molar-refractivity contribution >= 4 is 21.1 Å². The first-order valence-electron chi connectivity index (χ1n) is 7.65. The van der Waals surface area contributed by atoms with Crippen molar-refractivity contribution in [3.8, 4) is 0 Å². The van der Waals surface area contributed by atoms with Gasteiger partial charge in [0.15, 0.2) is 0 Å². The van der Waals surface area contributed by atoms with Crippen molar-refractivity contribution in [3.05, 3.63) is 59.9 Å². The second kappa shape index (κ2) is 6.10. The zero-order valence-electron chi connectivity index (χ0n) is 13.9. The highest BCUT2D eigenvalue weighted by molar-refractivity contribution is 7.89. The molecule has 138 valence electrons. The molecule has 26 heavy (non-hydrogen) atoms. The molecule has 0 unspecified atom stereocenters. The van der Waals surface area contributed by atoms with E-state index in [1.807, 2.05) is 0 Å². The number of H-pyrrole nitrogens is 1. The lowest BCUT2D eigenvalue weighted by molar-refractivity contribution is -0.137. The summed E-state index contributed by atoms with van der Waals surface area (Å²) in [6, 6.07) is 10.9. The van der Waals surface area contributed by atoms with Crippen LogP contribution >= 0.6 is 0 Å². The highest BCUT2D eigenvalue weighted by atomic mass is 32.2. The molecule has 2 N–H and O–H groups in total. The molecule has 0 spiro atoms. The number of hydrogen-bond acceptors (Lipinski definition) is 3. The minimum atomic E-state index is -4.47. The van der Waals surface area contributed by atoms with Gasteiger partial charge in [-0.25, -0.2) is 13.4 Å². The number of rotatable bonds is 4. The summed E-state index contributed by atoms with van der Waals surface area (Å²) in [4.78, 5) is 7.11. The fraction of sp³-hybridized carbons (Fsp3) is 0.235. The van der Waals surface area contributed by atoms with Gasteiger partial charge in [-0.3, -0.25) is 0 Å². The smallest absolute Gasteiger partial charge is 0.340 e. The summed E-state index contributed by atoms with van der Waals surface area (Å²) in [5, 5.41) is 0. The summed E-state index contributed by atoms with van der Waals surface area (Å²) >= 11 is 0. The highest BCUT2D eigenvalue weighted by Gasteiger charge is 2.33. The molecule has 0 amide bonds. The minimum Gasteiger partial charge on any atom is -0.340 e. The van der Waals surface area contributed by atoms with Crippen LogP contribution < -0.4 is 4.72 Å². The average Bonchev–Trinajstić information content (AvgIpc) is 2.98. The molecule has 2 aromatic carbocycles. The van der Waals surface area contributed by atoms with Crippen LogP contribution in [0.1, 0.15) is 25.2 Å². The second-order valence-corrected chi connectivity index (χ2v) is 8.04. The summed E-state index contributed by atoms with van der Waals surface area (Å²) < 4.78 is 66.1. The number of aromatic nitrogens is 2. The molecule has 3 aromatic rings. The monoisotopic (exact) mass is 383 g/mol. The third-order valence-electron chi connectivity index (χ3n) is 3.84. The van der Waals surface area contributed by atoms with Gasteiger partial charge in [-0.15, -0.1) is 0 Å². The Morgan fingerprint density at radius 3 is 2.31 bits per heavy atom. The lowest BCUT2D eigenvalue weighted by atomic mass is 10.1. The molecule has 0 aliphatic carbocycles. The minimum absolute atomic E-state index is 0.0866. The van der Waals surface area contributed by atoms with Crippen LogP contribution in [0.4, 0.5) is 13.2 Å². The third-order valence-corrected chi connectivity index (χ3v) is 5.52. The molecule has 0 radical (unpaired) electrons. The first kappa shape index (κ1) is 18.4. The zero-order chi connectivity index (χ0) is 19.2. The van der Waals surface area contributed by atoms with E-state index in [0.717, 1.165) is 12.1 Å². The van der Waals surface area contributed by atoms with Crippen LogP contribution in [0.25, 0.3) is 11.0 Å². The number of nitrogens with zero attached hydrogens (tertiary/aromatic N) is 1. The van der Waals surface area contributed by atoms with Crippen LogP contribution in [-0.2, 0) is 21.7 Å². The highest BCUT2D eigenvalue weighted by Crippen LogP contribution is 2.32. The van der Waals surface area contributed by atoms with E-state index in [1.54, 1.807) is 32.0 Å². The van der Waals surface area contributed by atoms with E-state index in [4.69, 9.17) is 0 Å². The number of sulfonamides is 1. The van der Waals surface area contributed by atoms with Crippen molar-refractivity contribution in [2.45, 2.75) is 30.5 Å². The van der Waals surface area contributed by atoms with Gasteiger partial charge in [0.2, 0.25) is 10.0 Å². The molecule has 0 atom stereocenters. The van der Waals surface area contributed by atoms with Crippen LogP contribution in [0, 0.1) is 0 Å². The van der Waals surface area contributed by atoms with Gasteiger partial charge < -0.3 is 4.98 Å². The number of benzene rings is 2. The average molecular weight is 383 g/mol. The summed E-state index contributed by atoms with van der Waals surface area (Å²) in [6.45, 7) is 3.16. The number of imidazole rings is 1. The standard InChI is InChI=1S/C17H16F3N3O2S/c1-16(2,23-26(24,25)12-6-4-3-5-7-12)15-21-13-9-8-11(17(18,19)20)10-14(13)22-15/h3-10,23H,1-2H3,(H,21,22). The number of halogens is 3. The topological polar surface area (TPSA) is 74.8 Å². The Kier molecular flexibility index (Phi) is 4.32. The molecular weight excluding hydrogens is 367 g/mol. The van der Waals surface area contributed by atoms with Crippen molar-refractivity contribution in [1.29, 1.82) is 0 Å². The molecule has 0 saturated carbocycles. The van der Waals surface area contributed by atoms with Crippen LogP contribution in [0.15, 0.2) is 53.4 Å². The SMILES string of the molecule is CC(C)(NS(=O)(=O)c1ccccc1)c1nc2ccc(C(F)(F)F)cc2[nH]1. The molecule has 0 aliphatic heterocycles.